The van der Waals surface area contributed by atoms with Gasteiger partial charge in [-0.05, 0) is 38.1 Å². The van der Waals surface area contributed by atoms with E-state index in [1.807, 2.05) is 18.5 Å². The minimum absolute atomic E-state index is 0. The van der Waals surface area contributed by atoms with Gasteiger partial charge >= 0.3 is 17.1 Å². The van der Waals surface area contributed by atoms with Crippen molar-refractivity contribution in [1.82, 2.24) is 9.88 Å². The number of carboxylic acids is 2. The van der Waals surface area contributed by atoms with Crippen LogP contribution in [0.15, 0.2) is 48.8 Å². The largest absolute Gasteiger partial charge is 2.00 e. The zero-order valence-corrected chi connectivity index (χ0v) is 14.6. The molecule has 6 nitrogen and oxygen atoms in total. The van der Waals surface area contributed by atoms with Crippen LogP contribution in [0.3, 0.4) is 0 Å². The molecular weight excluding hydrogens is 372 g/mol. The van der Waals surface area contributed by atoms with Gasteiger partial charge in [0.25, 0.3) is 0 Å². The van der Waals surface area contributed by atoms with Crippen LogP contribution in [0.4, 0.5) is 0 Å². The molecule has 1 aliphatic heterocycles. The van der Waals surface area contributed by atoms with Gasteiger partial charge in [0, 0.05) is 29.6 Å². The summed E-state index contributed by atoms with van der Waals surface area (Å²) in [6, 6.07) is 9.93. The predicted molar refractivity (Wildman–Crippen MR) is 83.9 cm³/mol. The molecule has 1 radical (unpaired) electrons. The Morgan fingerprint density at radius 3 is 2.08 bits per heavy atom. The zero-order valence-electron chi connectivity index (χ0n) is 13.6. The summed E-state index contributed by atoms with van der Waals surface area (Å²) < 4.78 is 0. The molecule has 7 heteroatoms. The summed E-state index contributed by atoms with van der Waals surface area (Å²) in [4.78, 5) is 27.2. The van der Waals surface area contributed by atoms with E-state index < -0.39 is 11.9 Å². The van der Waals surface area contributed by atoms with Gasteiger partial charge in [0.2, 0.25) is 0 Å². The van der Waals surface area contributed by atoms with E-state index in [-0.39, 0.29) is 28.2 Å². The molecule has 0 N–H and O–H groups in total. The molecule has 1 fully saturated rings. The number of rotatable bonds is 3. The number of aromatic carboxylic acids is 2. The molecule has 1 unspecified atom stereocenters. The summed E-state index contributed by atoms with van der Waals surface area (Å²) >= 11 is 0. The van der Waals surface area contributed by atoms with E-state index in [9.17, 15) is 19.8 Å². The first-order valence-electron chi connectivity index (χ1n) is 7.62. The van der Waals surface area contributed by atoms with Crippen molar-refractivity contribution in [3.05, 3.63) is 65.5 Å². The number of hydrogen-bond donors (Lipinski definition) is 0. The third-order valence-corrected chi connectivity index (χ3v) is 3.96. The first kappa shape index (κ1) is 20.8. The van der Waals surface area contributed by atoms with Crippen LogP contribution in [0.25, 0.3) is 0 Å². The van der Waals surface area contributed by atoms with Gasteiger partial charge in [0.05, 0.1) is 11.9 Å². The summed E-state index contributed by atoms with van der Waals surface area (Å²) in [7, 11) is 2.19. The molecule has 0 saturated carbocycles. The van der Waals surface area contributed by atoms with E-state index in [4.69, 9.17) is 0 Å². The van der Waals surface area contributed by atoms with Crippen LogP contribution in [0.1, 0.15) is 45.2 Å². The van der Waals surface area contributed by atoms with E-state index >= 15 is 0 Å². The van der Waals surface area contributed by atoms with Crippen LogP contribution in [-0.4, -0.2) is 35.4 Å². The SMILES string of the molecule is CN1CCCC1c1cccnc1.O=C([O-])c1ccccc1C(=O)[O-].[Cu+2]. The Kier molecular flexibility index (Phi) is 8.28. The van der Waals surface area contributed by atoms with Crippen molar-refractivity contribution in [1.29, 1.82) is 0 Å². The van der Waals surface area contributed by atoms with E-state index in [0.29, 0.717) is 6.04 Å². The van der Waals surface area contributed by atoms with Crippen molar-refractivity contribution in [2.75, 3.05) is 13.6 Å². The van der Waals surface area contributed by atoms with Crippen LogP contribution >= 0.6 is 0 Å². The van der Waals surface area contributed by atoms with Crippen molar-refractivity contribution < 1.29 is 36.9 Å². The second kappa shape index (κ2) is 9.93. The van der Waals surface area contributed by atoms with E-state index in [1.54, 1.807) is 0 Å². The molecule has 25 heavy (non-hydrogen) atoms. The van der Waals surface area contributed by atoms with Crippen molar-refractivity contribution >= 4 is 11.9 Å². The maximum Gasteiger partial charge on any atom is 2.00 e. The van der Waals surface area contributed by atoms with Gasteiger partial charge in [-0.3, -0.25) is 9.88 Å². The Hall–Kier alpha value is -2.21. The van der Waals surface area contributed by atoms with Crippen LogP contribution in [0, 0.1) is 0 Å². The number of pyridine rings is 1. The van der Waals surface area contributed by atoms with Gasteiger partial charge in [0.1, 0.15) is 0 Å². The normalized spacial score (nSPS) is 16.3. The molecule has 1 atom stereocenters. The molecule has 135 valence electrons. The zero-order chi connectivity index (χ0) is 17.5. The molecule has 0 aliphatic carbocycles. The van der Waals surface area contributed by atoms with Gasteiger partial charge in [-0.15, -0.1) is 0 Å². The van der Waals surface area contributed by atoms with Gasteiger partial charge in [-0.25, -0.2) is 0 Å². The molecule has 1 aliphatic rings. The van der Waals surface area contributed by atoms with Gasteiger partial charge in [-0.2, -0.15) is 0 Å². The topological polar surface area (TPSA) is 96.4 Å². The Balaban J connectivity index is 0.000000240. The first-order chi connectivity index (χ1) is 11.5. The molecule has 1 aromatic carbocycles. The number of carboxylic acid groups (broad SMARTS) is 2. The predicted octanol–water partition coefficient (Wildman–Crippen LogP) is 0.259. The Morgan fingerprint density at radius 1 is 1.08 bits per heavy atom. The maximum absolute atomic E-state index is 10.3. The number of nitrogens with zero attached hydrogens (tertiary/aromatic N) is 2. The molecule has 1 saturated heterocycles. The standard InChI is InChI=1S/C10H14N2.C8H6O4.Cu/c1-12-7-3-5-10(12)9-4-2-6-11-8-9;9-7(10)5-3-1-2-4-6(5)8(11)12;/h2,4,6,8,10H,3,5,7H2,1H3;1-4H,(H,9,10)(H,11,12);/q;;+2/p-2. The number of hydrogen-bond acceptors (Lipinski definition) is 6. The molecule has 1 aromatic heterocycles. The summed E-state index contributed by atoms with van der Waals surface area (Å²) in [6.45, 7) is 1.22. The molecule has 2 heterocycles. The third-order valence-electron chi connectivity index (χ3n) is 3.96. The molecule has 0 amide bonds. The summed E-state index contributed by atoms with van der Waals surface area (Å²) in [5, 5.41) is 20.6. The molecule has 0 spiro atoms. The smallest absolute Gasteiger partial charge is 0.545 e. The second-order valence-electron chi connectivity index (χ2n) is 5.55. The third kappa shape index (κ3) is 5.67. The fraction of sp³-hybridized carbons (Fsp3) is 0.278. The Labute approximate surface area is 157 Å². The molecule has 3 rings (SSSR count). The second-order valence-corrected chi connectivity index (χ2v) is 5.55. The van der Waals surface area contributed by atoms with Crippen molar-refractivity contribution in [2.45, 2.75) is 18.9 Å². The minimum Gasteiger partial charge on any atom is -0.545 e. The first-order valence-corrected chi connectivity index (χ1v) is 7.62. The monoisotopic (exact) mass is 389 g/mol. The molecule has 2 aromatic rings. The average Bonchev–Trinajstić information content (AvgIpc) is 3.02. The number of carbonyl (C=O) groups is 2. The number of likely N-dealkylation sites (tertiary alicyclic amines) is 1. The van der Waals surface area contributed by atoms with Crippen molar-refractivity contribution in [2.24, 2.45) is 0 Å². The summed E-state index contributed by atoms with van der Waals surface area (Å²) in [5.41, 5.74) is 0.632. The number of carbonyl (C=O) groups excluding carboxylic acids is 2. The summed E-state index contributed by atoms with van der Waals surface area (Å²) in [6.07, 6.45) is 6.41. The van der Waals surface area contributed by atoms with Crippen LogP contribution in [0.5, 0.6) is 0 Å². The number of aromatic nitrogens is 1. The van der Waals surface area contributed by atoms with Crippen molar-refractivity contribution in [3.8, 4) is 0 Å². The Bertz CT molecular complexity index is 676. The fourth-order valence-corrected chi connectivity index (χ4v) is 2.74. The fourth-order valence-electron chi connectivity index (χ4n) is 2.74. The van der Waals surface area contributed by atoms with Crippen LogP contribution < -0.4 is 10.2 Å². The van der Waals surface area contributed by atoms with Crippen LogP contribution in [0.2, 0.25) is 0 Å². The van der Waals surface area contributed by atoms with Gasteiger partial charge < -0.3 is 19.8 Å². The molecular formula is C18H18CuN2O4. The maximum atomic E-state index is 10.3. The summed E-state index contributed by atoms with van der Waals surface area (Å²) in [5.74, 6) is -3.04. The average molecular weight is 390 g/mol. The van der Waals surface area contributed by atoms with E-state index in [0.717, 1.165) is 12.1 Å². The molecule has 0 bridgehead atoms. The van der Waals surface area contributed by atoms with E-state index in [2.05, 4.69) is 23.0 Å². The quantitative estimate of drug-likeness (QED) is 0.698. The van der Waals surface area contributed by atoms with E-state index in [1.165, 1.54) is 37.1 Å². The van der Waals surface area contributed by atoms with Crippen molar-refractivity contribution in [3.63, 3.8) is 0 Å². The Morgan fingerprint density at radius 2 is 1.68 bits per heavy atom. The van der Waals surface area contributed by atoms with Gasteiger partial charge in [-0.1, -0.05) is 30.3 Å². The van der Waals surface area contributed by atoms with Crippen LogP contribution in [-0.2, 0) is 17.1 Å². The van der Waals surface area contributed by atoms with Gasteiger partial charge in [0.15, 0.2) is 0 Å². The minimum atomic E-state index is -1.52. The number of benzene rings is 1.